The van der Waals surface area contributed by atoms with E-state index >= 15 is 0 Å². The minimum absolute atomic E-state index is 0.0259. The van der Waals surface area contributed by atoms with Gasteiger partial charge in [-0.05, 0) is 38.5 Å². The van der Waals surface area contributed by atoms with Crippen LogP contribution in [0.15, 0.2) is 18.2 Å². The Bertz CT molecular complexity index is 655. The first-order chi connectivity index (χ1) is 10.1. The molecule has 0 radical (unpaired) electrons. The molecule has 0 saturated carbocycles. The third kappa shape index (κ3) is 2.63. The summed E-state index contributed by atoms with van der Waals surface area (Å²) in [6.45, 7) is 4.85. The van der Waals surface area contributed by atoms with Crippen LogP contribution in [0.3, 0.4) is 0 Å². The van der Waals surface area contributed by atoms with Crippen molar-refractivity contribution in [3.63, 3.8) is 0 Å². The molecule has 2 atom stereocenters. The maximum Gasteiger partial charge on any atom is 0.149 e. The van der Waals surface area contributed by atoms with Crippen molar-refractivity contribution in [1.82, 2.24) is 20.1 Å². The molecule has 0 aliphatic carbocycles. The number of rotatable bonds is 4. The van der Waals surface area contributed by atoms with Gasteiger partial charge in [-0.1, -0.05) is 0 Å². The number of nitrogens with zero attached hydrogens (tertiary/aromatic N) is 3. The van der Waals surface area contributed by atoms with Gasteiger partial charge in [-0.2, -0.15) is 0 Å². The highest BCUT2D eigenvalue weighted by molar-refractivity contribution is 5.35. The summed E-state index contributed by atoms with van der Waals surface area (Å²) in [4.78, 5) is 0. The number of halogens is 1. The SMILES string of the molecule is CC(NC(C)c1nnc2n1CCC2)c1cc(F)ccc1O. The van der Waals surface area contributed by atoms with Gasteiger partial charge in [0.2, 0.25) is 0 Å². The molecule has 112 valence electrons. The van der Waals surface area contributed by atoms with Crippen LogP contribution in [-0.2, 0) is 13.0 Å². The van der Waals surface area contributed by atoms with Crippen LogP contribution in [-0.4, -0.2) is 19.9 Å². The van der Waals surface area contributed by atoms with Crippen LogP contribution in [0.1, 0.15) is 49.6 Å². The number of aryl methyl sites for hydroxylation is 1. The summed E-state index contributed by atoms with van der Waals surface area (Å²) in [6.07, 6.45) is 2.07. The van der Waals surface area contributed by atoms with Crippen LogP contribution in [0.25, 0.3) is 0 Å². The van der Waals surface area contributed by atoms with Crippen LogP contribution < -0.4 is 5.32 Å². The van der Waals surface area contributed by atoms with Gasteiger partial charge in [0.05, 0.1) is 6.04 Å². The fraction of sp³-hybridized carbons (Fsp3) is 0.467. The zero-order valence-corrected chi connectivity index (χ0v) is 12.2. The van der Waals surface area contributed by atoms with Crippen LogP contribution in [0.2, 0.25) is 0 Å². The Hall–Kier alpha value is -1.95. The molecule has 0 saturated heterocycles. The van der Waals surface area contributed by atoms with Gasteiger partial charge in [-0.15, -0.1) is 10.2 Å². The van der Waals surface area contributed by atoms with Gasteiger partial charge in [0.25, 0.3) is 0 Å². The lowest BCUT2D eigenvalue weighted by Gasteiger charge is -2.21. The third-order valence-electron chi connectivity index (χ3n) is 3.98. The molecule has 21 heavy (non-hydrogen) atoms. The number of benzene rings is 1. The Labute approximate surface area is 122 Å². The van der Waals surface area contributed by atoms with Gasteiger partial charge < -0.3 is 15.0 Å². The van der Waals surface area contributed by atoms with Gasteiger partial charge in [-0.25, -0.2) is 4.39 Å². The van der Waals surface area contributed by atoms with Crippen LogP contribution >= 0.6 is 0 Å². The second-order valence-electron chi connectivity index (χ2n) is 5.54. The Balaban J connectivity index is 1.77. The first kappa shape index (κ1) is 14.0. The minimum atomic E-state index is -0.354. The molecule has 0 spiro atoms. The summed E-state index contributed by atoms with van der Waals surface area (Å²) in [7, 11) is 0. The summed E-state index contributed by atoms with van der Waals surface area (Å²) >= 11 is 0. The summed E-state index contributed by atoms with van der Waals surface area (Å²) in [5, 5.41) is 21.6. The summed E-state index contributed by atoms with van der Waals surface area (Å²) in [5.74, 6) is 1.66. The average molecular weight is 290 g/mol. The number of aromatic hydroxyl groups is 1. The molecule has 2 unspecified atom stereocenters. The van der Waals surface area contributed by atoms with Crippen molar-refractivity contribution in [3.8, 4) is 5.75 Å². The fourth-order valence-electron chi connectivity index (χ4n) is 2.90. The van der Waals surface area contributed by atoms with E-state index in [2.05, 4.69) is 20.1 Å². The van der Waals surface area contributed by atoms with Crippen molar-refractivity contribution in [2.24, 2.45) is 0 Å². The molecule has 6 heteroatoms. The van der Waals surface area contributed by atoms with Gasteiger partial charge >= 0.3 is 0 Å². The Morgan fingerprint density at radius 2 is 2.10 bits per heavy atom. The highest BCUT2D eigenvalue weighted by Crippen LogP contribution is 2.27. The molecule has 1 aliphatic heterocycles. The van der Waals surface area contributed by atoms with Crippen molar-refractivity contribution in [1.29, 1.82) is 0 Å². The second kappa shape index (κ2) is 5.44. The Morgan fingerprint density at radius 3 is 2.90 bits per heavy atom. The quantitative estimate of drug-likeness (QED) is 0.908. The lowest BCUT2D eigenvalue weighted by atomic mass is 10.1. The van der Waals surface area contributed by atoms with Crippen molar-refractivity contribution in [2.75, 3.05) is 0 Å². The van der Waals surface area contributed by atoms with E-state index in [1.165, 1.54) is 18.2 Å². The maximum atomic E-state index is 13.3. The molecule has 0 amide bonds. The van der Waals surface area contributed by atoms with Crippen LogP contribution in [0.5, 0.6) is 5.75 Å². The van der Waals surface area contributed by atoms with E-state index in [1.807, 2.05) is 13.8 Å². The molecule has 2 N–H and O–H groups in total. The summed E-state index contributed by atoms with van der Waals surface area (Å²) in [5.41, 5.74) is 0.544. The normalized spacial score (nSPS) is 16.7. The van der Waals surface area contributed by atoms with Crippen LogP contribution in [0.4, 0.5) is 4.39 Å². The molecule has 0 bridgehead atoms. The van der Waals surface area contributed by atoms with E-state index in [9.17, 15) is 9.50 Å². The molecule has 1 aromatic heterocycles. The standard InChI is InChI=1S/C15H19FN4O/c1-9(12-8-11(16)5-6-13(12)21)17-10(2)15-19-18-14-4-3-7-20(14)15/h5-6,8-10,17,21H,3-4,7H2,1-2H3. The van der Waals surface area contributed by atoms with E-state index in [1.54, 1.807) is 0 Å². The maximum absolute atomic E-state index is 13.3. The van der Waals surface area contributed by atoms with Crippen LogP contribution in [0, 0.1) is 5.82 Å². The van der Waals surface area contributed by atoms with Gasteiger partial charge in [0.15, 0.2) is 0 Å². The molecule has 2 aromatic rings. The molecule has 2 heterocycles. The number of phenols is 1. The molecule has 0 fully saturated rings. The van der Waals surface area contributed by atoms with Crippen molar-refractivity contribution < 1.29 is 9.50 Å². The summed E-state index contributed by atoms with van der Waals surface area (Å²) < 4.78 is 15.5. The smallest absolute Gasteiger partial charge is 0.149 e. The zero-order chi connectivity index (χ0) is 15.0. The van der Waals surface area contributed by atoms with E-state index < -0.39 is 0 Å². The Kier molecular flexibility index (Phi) is 3.63. The molecule has 1 aromatic carbocycles. The molecular formula is C15H19FN4O. The van der Waals surface area contributed by atoms with Crippen molar-refractivity contribution in [2.45, 2.75) is 45.3 Å². The minimum Gasteiger partial charge on any atom is -0.508 e. The van der Waals surface area contributed by atoms with E-state index in [0.717, 1.165) is 31.0 Å². The van der Waals surface area contributed by atoms with E-state index in [-0.39, 0.29) is 23.7 Å². The lowest BCUT2D eigenvalue weighted by molar-refractivity contribution is 0.424. The summed E-state index contributed by atoms with van der Waals surface area (Å²) in [6, 6.07) is 3.77. The molecular weight excluding hydrogens is 271 g/mol. The number of phenolic OH excluding ortho intramolecular Hbond substituents is 1. The predicted octanol–water partition coefficient (Wildman–Crippen LogP) is 2.48. The van der Waals surface area contributed by atoms with Crippen molar-refractivity contribution in [3.05, 3.63) is 41.2 Å². The first-order valence-corrected chi connectivity index (χ1v) is 7.22. The van der Waals surface area contributed by atoms with Gasteiger partial charge in [0, 0.05) is 24.6 Å². The first-order valence-electron chi connectivity index (χ1n) is 7.22. The Morgan fingerprint density at radius 1 is 1.29 bits per heavy atom. The number of hydrogen-bond donors (Lipinski definition) is 2. The molecule has 5 nitrogen and oxygen atoms in total. The molecule has 1 aliphatic rings. The zero-order valence-electron chi connectivity index (χ0n) is 12.2. The second-order valence-corrected chi connectivity index (χ2v) is 5.54. The number of nitrogens with one attached hydrogen (secondary N) is 1. The average Bonchev–Trinajstić information content (AvgIpc) is 3.03. The third-order valence-corrected chi connectivity index (χ3v) is 3.98. The van der Waals surface area contributed by atoms with E-state index in [4.69, 9.17) is 0 Å². The largest absolute Gasteiger partial charge is 0.508 e. The van der Waals surface area contributed by atoms with Gasteiger partial charge in [-0.3, -0.25) is 0 Å². The highest BCUT2D eigenvalue weighted by atomic mass is 19.1. The van der Waals surface area contributed by atoms with Crippen molar-refractivity contribution >= 4 is 0 Å². The number of hydrogen-bond acceptors (Lipinski definition) is 4. The monoisotopic (exact) mass is 290 g/mol. The number of aromatic nitrogens is 3. The number of fused-ring (bicyclic) bond motifs is 1. The predicted molar refractivity (Wildman–Crippen MR) is 76.4 cm³/mol. The van der Waals surface area contributed by atoms with Gasteiger partial charge in [0.1, 0.15) is 23.2 Å². The van der Waals surface area contributed by atoms with E-state index in [0.29, 0.717) is 5.56 Å². The highest BCUT2D eigenvalue weighted by Gasteiger charge is 2.23. The molecule has 3 rings (SSSR count). The lowest BCUT2D eigenvalue weighted by Crippen LogP contribution is -2.25. The fourth-order valence-corrected chi connectivity index (χ4v) is 2.90. The topological polar surface area (TPSA) is 63.0 Å².